The van der Waals surface area contributed by atoms with Gasteiger partial charge in [0, 0.05) is 25.6 Å². The Hall–Kier alpha value is -2.63. The summed E-state index contributed by atoms with van der Waals surface area (Å²) >= 11 is 0. The van der Waals surface area contributed by atoms with Crippen LogP contribution in [0.15, 0.2) is 34.9 Å². The lowest BCUT2D eigenvalue weighted by Crippen LogP contribution is -2.34. The molecule has 1 atom stereocenters. The predicted molar refractivity (Wildman–Crippen MR) is 85.1 cm³/mol. The second-order valence-electron chi connectivity index (χ2n) is 5.47. The largest absolute Gasteiger partial charge is 0.481 e. The van der Waals surface area contributed by atoms with Crippen molar-refractivity contribution in [1.82, 2.24) is 10.1 Å². The van der Waals surface area contributed by atoms with Crippen LogP contribution in [-0.4, -0.2) is 40.6 Å². The molecule has 0 spiro atoms. The van der Waals surface area contributed by atoms with Gasteiger partial charge < -0.3 is 14.5 Å². The summed E-state index contributed by atoms with van der Waals surface area (Å²) in [5.41, 5.74) is 1.68. The first-order valence-corrected chi connectivity index (χ1v) is 7.47. The van der Waals surface area contributed by atoms with Crippen molar-refractivity contribution in [3.05, 3.63) is 41.7 Å². The highest BCUT2D eigenvalue weighted by molar-refractivity contribution is 6.00. The van der Waals surface area contributed by atoms with E-state index < -0.39 is 11.9 Å². The lowest BCUT2D eigenvalue weighted by molar-refractivity contribution is -0.141. The Kier molecular flexibility index (Phi) is 5.16. The number of carbonyl (C=O) groups is 2. The average Bonchev–Trinajstić information content (AvgIpc) is 2.98. The highest BCUT2D eigenvalue weighted by Gasteiger charge is 2.27. The molecule has 6 nitrogen and oxygen atoms in total. The normalized spacial score (nSPS) is 12.0. The molecule has 0 saturated heterocycles. The number of carboxylic acids is 1. The number of hydrogen-bond donors (Lipinski definition) is 1. The first-order chi connectivity index (χ1) is 11.0. The van der Waals surface area contributed by atoms with Crippen molar-refractivity contribution in [3.8, 4) is 11.3 Å². The molecular formula is C17H20N2O4. The van der Waals surface area contributed by atoms with Gasteiger partial charge in [0.15, 0.2) is 0 Å². The summed E-state index contributed by atoms with van der Waals surface area (Å²) in [7, 11) is 1.59. The van der Waals surface area contributed by atoms with Crippen LogP contribution in [0.1, 0.15) is 30.0 Å². The van der Waals surface area contributed by atoms with E-state index in [1.165, 1.54) is 4.90 Å². The molecule has 1 N–H and O–H groups in total. The van der Waals surface area contributed by atoms with E-state index >= 15 is 0 Å². The zero-order valence-electron chi connectivity index (χ0n) is 13.4. The summed E-state index contributed by atoms with van der Waals surface area (Å²) in [5, 5.41) is 13.0. The van der Waals surface area contributed by atoms with E-state index in [0.29, 0.717) is 23.4 Å². The lowest BCUT2D eigenvalue weighted by atomic mass is 10.0. The number of carboxylic acid groups (broad SMARTS) is 1. The van der Waals surface area contributed by atoms with Crippen molar-refractivity contribution in [1.29, 1.82) is 0 Å². The first-order valence-electron chi connectivity index (χ1n) is 7.47. The van der Waals surface area contributed by atoms with Crippen LogP contribution in [0.4, 0.5) is 0 Å². The molecule has 1 aromatic heterocycles. The van der Waals surface area contributed by atoms with Gasteiger partial charge in [0.25, 0.3) is 5.91 Å². The number of hydrogen-bond acceptors (Lipinski definition) is 4. The summed E-state index contributed by atoms with van der Waals surface area (Å²) in [6, 6.07) is 9.31. The Bertz CT molecular complexity index is 694. The maximum absolute atomic E-state index is 12.8. The molecule has 6 heteroatoms. The van der Waals surface area contributed by atoms with E-state index in [2.05, 4.69) is 5.16 Å². The number of rotatable bonds is 6. The molecule has 23 heavy (non-hydrogen) atoms. The van der Waals surface area contributed by atoms with Crippen LogP contribution in [0.3, 0.4) is 0 Å². The van der Waals surface area contributed by atoms with Gasteiger partial charge in [0.2, 0.25) is 0 Å². The number of aryl methyl sites for hydroxylation is 1. The van der Waals surface area contributed by atoms with Crippen molar-refractivity contribution in [2.24, 2.45) is 5.92 Å². The van der Waals surface area contributed by atoms with Crippen molar-refractivity contribution >= 4 is 11.9 Å². The van der Waals surface area contributed by atoms with Crippen molar-refractivity contribution < 1.29 is 19.2 Å². The van der Waals surface area contributed by atoms with Gasteiger partial charge in [0.1, 0.15) is 17.0 Å². The van der Waals surface area contributed by atoms with Crippen LogP contribution in [-0.2, 0) is 11.2 Å². The number of carbonyl (C=O) groups excluding carboxylic acids is 1. The topological polar surface area (TPSA) is 83.6 Å². The second kappa shape index (κ2) is 7.09. The van der Waals surface area contributed by atoms with Crippen LogP contribution in [0.5, 0.6) is 0 Å². The van der Waals surface area contributed by atoms with Gasteiger partial charge in [-0.1, -0.05) is 49.3 Å². The van der Waals surface area contributed by atoms with Crippen molar-refractivity contribution in [3.63, 3.8) is 0 Å². The van der Waals surface area contributed by atoms with Crippen LogP contribution < -0.4 is 0 Å². The molecule has 0 aliphatic heterocycles. The Balaban J connectivity index is 2.36. The Morgan fingerprint density at radius 1 is 1.30 bits per heavy atom. The highest BCUT2D eigenvalue weighted by atomic mass is 16.5. The molecule has 2 aromatic rings. The SMILES string of the molecule is CCc1onc(-c2ccccc2)c1C(=O)N(C)CC(C)C(=O)O. The number of nitrogens with zero attached hydrogens (tertiary/aromatic N) is 2. The van der Waals surface area contributed by atoms with Crippen molar-refractivity contribution in [2.45, 2.75) is 20.3 Å². The first kappa shape index (κ1) is 16.7. The Morgan fingerprint density at radius 2 is 1.96 bits per heavy atom. The summed E-state index contributed by atoms with van der Waals surface area (Å²) < 4.78 is 5.31. The van der Waals surface area contributed by atoms with Crippen LogP contribution in [0, 0.1) is 5.92 Å². The van der Waals surface area contributed by atoms with Gasteiger partial charge in [0.05, 0.1) is 5.92 Å². The molecule has 1 heterocycles. The molecule has 0 fully saturated rings. The molecule has 1 aromatic carbocycles. The fourth-order valence-corrected chi connectivity index (χ4v) is 2.34. The third-order valence-corrected chi connectivity index (χ3v) is 3.66. The van der Waals surface area contributed by atoms with Gasteiger partial charge in [-0.15, -0.1) is 0 Å². The smallest absolute Gasteiger partial charge is 0.308 e. The summed E-state index contributed by atoms with van der Waals surface area (Å²) in [6.45, 7) is 3.57. The molecule has 1 unspecified atom stereocenters. The maximum atomic E-state index is 12.8. The lowest BCUT2D eigenvalue weighted by Gasteiger charge is -2.19. The summed E-state index contributed by atoms with van der Waals surface area (Å²) in [5.74, 6) is -1.36. The zero-order chi connectivity index (χ0) is 17.0. The minimum Gasteiger partial charge on any atom is -0.481 e. The van der Waals surface area contributed by atoms with Crippen LogP contribution >= 0.6 is 0 Å². The maximum Gasteiger partial charge on any atom is 0.308 e. The monoisotopic (exact) mass is 316 g/mol. The molecule has 0 aliphatic rings. The average molecular weight is 316 g/mol. The highest BCUT2D eigenvalue weighted by Crippen LogP contribution is 2.27. The summed E-state index contributed by atoms with van der Waals surface area (Å²) in [6.07, 6.45) is 0.531. The van der Waals surface area contributed by atoms with Gasteiger partial charge >= 0.3 is 5.97 Å². The number of amides is 1. The molecule has 0 radical (unpaired) electrons. The van der Waals surface area contributed by atoms with Crippen LogP contribution in [0.2, 0.25) is 0 Å². The minimum absolute atomic E-state index is 0.122. The molecule has 1 amide bonds. The third kappa shape index (κ3) is 3.59. The van der Waals surface area contributed by atoms with Gasteiger partial charge in [-0.3, -0.25) is 9.59 Å². The Labute approximate surface area is 134 Å². The van der Waals surface area contributed by atoms with Gasteiger partial charge in [-0.25, -0.2) is 0 Å². The number of benzene rings is 1. The third-order valence-electron chi connectivity index (χ3n) is 3.66. The molecule has 2 rings (SSSR count). The predicted octanol–water partition coefficient (Wildman–Crippen LogP) is 2.70. The minimum atomic E-state index is -0.936. The van der Waals surface area contributed by atoms with E-state index in [1.54, 1.807) is 14.0 Å². The van der Waals surface area contributed by atoms with E-state index in [9.17, 15) is 9.59 Å². The van der Waals surface area contributed by atoms with E-state index in [4.69, 9.17) is 9.63 Å². The van der Waals surface area contributed by atoms with E-state index in [1.807, 2.05) is 37.3 Å². The number of aromatic nitrogens is 1. The standard InChI is InChI=1S/C17H20N2O4/c1-4-13-14(16(20)19(3)10-11(2)17(21)22)15(18-23-13)12-8-6-5-7-9-12/h5-9,11H,4,10H2,1-3H3,(H,21,22). The fourth-order valence-electron chi connectivity index (χ4n) is 2.34. The van der Waals surface area contributed by atoms with Gasteiger partial charge in [-0.2, -0.15) is 0 Å². The molecule has 122 valence electrons. The second-order valence-corrected chi connectivity index (χ2v) is 5.47. The molecule has 0 saturated carbocycles. The molecular weight excluding hydrogens is 296 g/mol. The Morgan fingerprint density at radius 3 is 2.52 bits per heavy atom. The van der Waals surface area contributed by atoms with E-state index in [-0.39, 0.29) is 12.5 Å². The van der Waals surface area contributed by atoms with Crippen LogP contribution in [0.25, 0.3) is 11.3 Å². The fraction of sp³-hybridized carbons (Fsp3) is 0.353. The van der Waals surface area contributed by atoms with E-state index in [0.717, 1.165) is 5.56 Å². The van der Waals surface area contributed by atoms with Gasteiger partial charge in [-0.05, 0) is 0 Å². The molecule has 0 bridgehead atoms. The zero-order valence-corrected chi connectivity index (χ0v) is 13.4. The quantitative estimate of drug-likeness (QED) is 0.886. The summed E-state index contributed by atoms with van der Waals surface area (Å²) in [4.78, 5) is 25.2. The van der Waals surface area contributed by atoms with Crippen molar-refractivity contribution in [2.75, 3.05) is 13.6 Å². The molecule has 0 aliphatic carbocycles. The number of aliphatic carboxylic acids is 1.